The van der Waals surface area contributed by atoms with E-state index in [0.717, 1.165) is 27.8 Å². The van der Waals surface area contributed by atoms with Crippen LogP contribution in [-0.4, -0.2) is 36.9 Å². The van der Waals surface area contributed by atoms with Gasteiger partial charge in [0.25, 0.3) is 0 Å². The number of hydrogen-bond acceptors (Lipinski definition) is 3. The molecule has 2 amide bonds. The molecule has 3 rings (SSSR count). The van der Waals surface area contributed by atoms with Crippen LogP contribution in [0, 0.1) is 0 Å². The number of carbonyl (C=O) groups is 2. The van der Waals surface area contributed by atoms with E-state index >= 15 is 0 Å². The second-order valence-corrected chi connectivity index (χ2v) is 6.88. The molecule has 0 radical (unpaired) electrons. The van der Waals surface area contributed by atoms with Gasteiger partial charge in [-0.2, -0.15) is 0 Å². The molecular formula is C20H19BrN2O3. The van der Waals surface area contributed by atoms with Gasteiger partial charge in [0, 0.05) is 24.0 Å². The normalized spacial score (nSPS) is 12.5. The fourth-order valence-electron chi connectivity index (χ4n) is 2.65. The highest BCUT2D eigenvalue weighted by atomic mass is 79.9. The number of carbonyl (C=O) groups excluding carboxylic acids is 2. The summed E-state index contributed by atoms with van der Waals surface area (Å²) in [6.07, 6.45) is 4.12. The van der Waals surface area contributed by atoms with Gasteiger partial charge >= 0.3 is 0 Å². The largest absolute Gasteiger partial charge is 0.493 e. The highest BCUT2D eigenvalue weighted by Gasteiger charge is 2.13. The van der Waals surface area contributed by atoms with E-state index in [4.69, 9.17) is 4.74 Å². The van der Waals surface area contributed by atoms with Crippen molar-refractivity contribution in [3.63, 3.8) is 0 Å². The summed E-state index contributed by atoms with van der Waals surface area (Å²) in [4.78, 5) is 25.7. The molecule has 1 aliphatic heterocycles. The summed E-state index contributed by atoms with van der Waals surface area (Å²) in [7, 11) is 1.60. The van der Waals surface area contributed by atoms with Crippen molar-refractivity contribution in [2.45, 2.75) is 6.42 Å². The summed E-state index contributed by atoms with van der Waals surface area (Å²) in [5.41, 5.74) is 2.77. The number of anilines is 1. The van der Waals surface area contributed by atoms with Gasteiger partial charge in [-0.3, -0.25) is 9.59 Å². The molecule has 2 aromatic rings. The second kappa shape index (κ2) is 8.19. The summed E-state index contributed by atoms with van der Waals surface area (Å²) in [5, 5.41) is 2.78. The Morgan fingerprint density at radius 2 is 2.08 bits per heavy atom. The van der Waals surface area contributed by atoms with Crippen LogP contribution in [-0.2, 0) is 16.0 Å². The van der Waals surface area contributed by atoms with Gasteiger partial charge in [-0.05, 0) is 57.4 Å². The fraction of sp³-hybridized carbons (Fsp3) is 0.200. The number of fused-ring (bicyclic) bond motifs is 1. The van der Waals surface area contributed by atoms with E-state index in [0.29, 0.717) is 12.3 Å². The Kier molecular flexibility index (Phi) is 5.73. The van der Waals surface area contributed by atoms with E-state index in [-0.39, 0.29) is 18.4 Å². The van der Waals surface area contributed by atoms with Crippen molar-refractivity contribution in [3.05, 3.63) is 64.1 Å². The highest BCUT2D eigenvalue weighted by Crippen LogP contribution is 2.26. The summed E-state index contributed by atoms with van der Waals surface area (Å²) in [6, 6.07) is 13.2. The third kappa shape index (κ3) is 4.52. The predicted molar refractivity (Wildman–Crippen MR) is 105 cm³/mol. The van der Waals surface area contributed by atoms with Gasteiger partial charge < -0.3 is 15.0 Å². The van der Waals surface area contributed by atoms with Gasteiger partial charge in [0.15, 0.2) is 0 Å². The highest BCUT2D eigenvalue weighted by molar-refractivity contribution is 9.10. The Morgan fingerprint density at radius 3 is 2.88 bits per heavy atom. The third-order valence-electron chi connectivity index (χ3n) is 4.04. The van der Waals surface area contributed by atoms with Crippen LogP contribution in [0.25, 0.3) is 6.08 Å². The van der Waals surface area contributed by atoms with Gasteiger partial charge in [0.05, 0.1) is 18.8 Å². The number of hydrogen-bond donors (Lipinski definition) is 1. The van der Waals surface area contributed by atoms with Crippen LogP contribution in [0.2, 0.25) is 0 Å². The quantitative estimate of drug-likeness (QED) is 0.761. The molecule has 1 heterocycles. The Hall–Kier alpha value is -2.60. The van der Waals surface area contributed by atoms with Crippen molar-refractivity contribution >= 4 is 39.5 Å². The lowest BCUT2D eigenvalue weighted by Gasteiger charge is -2.15. The molecule has 0 saturated carbocycles. The first-order valence-corrected chi connectivity index (χ1v) is 9.05. The van der Waals surface area contributed by atoms with Gasteiger partial charge in [0.2, 0.25) is 11.8 Å². The van der Waals surface area contributed by atoms with E-state index in [1.807, 2.05) is 36.4 Å². The van der Waals surface area contributed by atoms with E-state index in [1.54, 1.807) is 19.2 Å². The third-order valence-corrected chi connectivity index (χ3v) is 4.73. The van der Waals surface area contributed by atoms with Gasteiger partial charge in [-0.1, -0.05) is 18.2 Å². The van der Waals surface area contributed by atoms with E-state index in [9.17, 15) is 9.59 Å². The van der Waals surface area contributed by atoms with Gasteiger partial charge in [0.1, 0.15) is 5.75 Å². The Balaban J connectivity index is 1.56. The van der Waals surface area contributed by atoms with Crippen LogP contribution in [0.15, 0.2) is 53.0 Å². The molecule has 2 aromatic carbocycles. The average molecular weight is 415 g/mol. The minimum atomic E-state index is -0.254. The van der Waals surface area contributed by atoms with Crippen LogP contribution in [0.3, 0.4) is 0 Å². The molecule has 0 fully saturated rings. The Labute approximate surface area is 160 Å². The molecule has 0 bridgehead atoms. The summed E-state index contributed by atoms with van der Waals surface area (Å²) >= 11 is 3.38. The van der Waals surface area contributed by atoms with Crippen molar-refractivity contribution < 1.29 is 14.3 Å². The zero-order valence-electron chi connectivity index (χ0n) is 14.4. The summed E-state index contributed by atoms with van der Waals surface area (Å²) < 4.78 is 6.27. The first-order chi connectivity index (χ1) is 12.5. The number of likely N-dealkylation sites (N-methyl/N-ethyl adjacent to an activating group) is 1. The van der Waals surface area contributed by atoms with Crippen molar-refractivity contribution in [1.82, 2.24) is 4.90 Å². The maximum Gasteiger partial charge on any atom is 0.246 e. The lowest BCUT2D eigenvalue weighted by molar-refractivity contribution is -0.129. The number of para-hydroxylation sites is 1. The predicted octanol–water partition coefficient (Wildman–Crippen LogP) is 3.49. The number of rotatable bonds is 5. The molecule has 1 aliphatic rings. The molecule has 0 aliphatic carbocycles. The SMILES string of the molecule is CN(CC(=O)Nc1ccccc1Br)C(=O)/C=C/c1ccc2c(c1)CCO2. The second-order valence-electron chi connectivity index (χ2n) is 6.02. The standard InChI is InChI=1S/C20H19BrN2O3/c1-23(13-19(24)22-17-5-3-2-4-16(17)21)20(25)9-7-14-6-8-18-15(12-14)10-11-26-18/h2-9,12H,10-11,13H2,1H3,(H,22,24)/b9-7+. The monoisotopic (exact) mass is 414 g/mol. The lowest BCUT2D eigenvalue weighted by atomic mass is 10.1. The molecule has 0 spiro atoms. The molecule has 1 N–H and O–H groups in total. The van der Waals surface area contributed by atoms with E-state index < -0.39 is 0 Å². The maximum absolute atomic E-state index is 12.2. The molecule has 0 aromatic heterocycles. The molecule has 6 heteroatoms. The van der Waals surface area contributed by atoms with Gasteiger partial charge in [-0.15, -0.1) is 0 Å². The molecule has 5 nitrogen and oxygen atoms in total. The topological polar surface area (TPSA) is 58.6 Å². The molecule has 26 heavy (non-hydrogen) atoms. The fourth-order valence-corrected chi connectivity index (χ4v) is 3.03. The van der Waals surface area contributed by atoms with Crippen LogP contribution in [0.4, 0.5) is 5.69 Å². The van der Waals surface area contributed by atoms with Crippen molar-refractivity contribution in [2.24, 2.45) is 0 Å². The van der Waals surface area contributed by atoms with E-state index in [2.05, 4.69) is 21.2 Å². The van der Waals surface area contributed by atoms with Crippen molar-refractivity contribution in [2.75, 3.05) is 25.5 Å². The van der Waals surface area contributed by atoms with Crippen LogP contribution < -0.4 is 10.1 Å². The van der Waals surface area contributed by atoms with Crippen LogP contribution in [0.5, 0.6) is 5.75 Å². The first kappa shape index (κ1) is 18.2. The summed E-state index contributed by atoms with van der Waals surface area (Å²) in [5.74, 6) is 0.425. The van der Waals surface area contributed by atoms with E-state index in [1.165, 1.54) is 11.0 Å². The Morgan fingerprint density at radius 1 is 1.27 bits per heavy atom. The Bertz CT molecular complexity index is 864. The minimum Gasteiger partial charge on any atom is -0.493 e. The average Bonchev–Trinajstić information content (AvgIpc) is 3.09. The number of ether oxygens (including phenoxy) is 1. The molecule has 0 atom stereocenters. The number of nitrogens with zero attached hydrogens (tertiary/aromatic N) is 1. The van der Waals surface area contributed by atoms with Crippen LogP contribution in [0.1, 0.15) is 11.1 Å². The van der Waals surface area contributed by atoms with Crippen molar-refractivity contribution in [1.29, 1.82) is 0 Å². The number of amides is 2. The lowest BCUT2D eigenvalue weighted by Crippen LogP contribution is -2.33. The van der Waals surface area contributed by atoms with Crippen molar-refractivity contribution in [3.8, 4) is 5.75 Å². The number of benzene rings is 2. The first-order valence-electron chi connectivity index (χ1n) is 8.26. The minimum absolute atomic E-state index is 0.0253. The number of halogens is 1. The zero-order valence-corrected chi connectivity index (χ0v) is 16.0. The van der Waals surface area contributed by atoms with Crippen LogP contribution >= 0.6 is 15.9 Å². The smallest absolute Gasteiger partial charge is 0.246 e. The van der Waals surface area contributed by atoms with Gasteiger partial charge in [-0.25, -0.2) is 0 Å². The molecule has 0 saturated heterocycles. The zero-order chi connectivity index (χ0) is 18.5. The maximum atomic E-state index is 12.2. The molecule has 134 valence electrons. The summed E-state index contributed by atoms with van der Waals surface area (Å²) in [6.45, 7) is 0.680. The molecular weight excluding hydrogens is 396 g/mol. The molecule has 0 unspecified atom stereocenters. The number of nitrogens with one attached hydrogen (secondary N) is 1.